The molecule has 1 aliphatic rings. The first kappa shape index (κ1) is 14.4. The lowest BCUT2D eigenvalue weighted by Gasteiger charge is -2.15. The molecule has 20 heavy (non-hydrogen) atoms. The molecule has 106 valence electrons. The minimum Gasteiger partial charge on any atom is -0.491 e. The quantitative estimate of drug-likeness (QED) is 0.772. The van der Waals surface area contributed by atoms with E-state index in [-0.39, 0.29) is 18.4 Å². The smallest absolute Gasteiger partial charge is 0.303 e. The summed E-state index contributed by atoms with van der Waals surface area (Å²) in [5.41, 5.74) is 1.25. The molecule has 1 aromatic carbocycles. The first-order chi connectivity index (χ1) is 9.63. The Kier molecular flexibility index (Phi) is 4.59. The van der Waals surface area contributed by atoms with Gasteiger partial charge >= 0.3 is 5.97 Å². The van der Waals surface area contributed by atoms with Gasteiger partial charge in [0.15, 0.2) is 0 Å². The lowest BCUT2D eigenvalue weighted by Crippen LogP contribution is -2.08. The molecule has 0 saturated carbocycles. The van der Waals surface area contributed by atoms with Crippen molar-refractivity contribution in [3.8, 4) is 11.8 Å². The third-order valence-electron chi connectivity index (χ3n) is 3.34. The number of rotatable bonds is 7. The van der Waals surface area contributed by atoms with E-state index in [0.717, 1.165) is 12.2 Å². The van der Waals surface area contributed by atoms with Crippen molar-refractivity contribution in [1.29, 1.82) is 5.26 Å². The van der Waals surface area contributed by atoms with Crippen molar-refractivity contribution in [2.24, 2.45) is 0 Å². The summed E-state index contributed by atoms with van der Waals surface area (Å²) in [6.07, 6.45) is 0.869. The molecule has 1 heterocycles. The van der Waals surface area contributed by atoms with Gasteiger partial charge in [0.05, 0.1) is 24.7 Å². The maximum Gasteiger partial charge on any atom is 0.303 e. The fraction of sp³-hybridized carbons (Fsp3) is 0.467. The number of hydrogen-bond acceptors (Lipinski definition) is 4. The molecule has 1 aliphatic heterocycles. The number of hydrogen-bond donors (Lipinski definition) is 1. The summed E-state index contributed by atoms with van der Waals surface area (Å²) in [6.45, 7) is 3.12. The fourth-order valence-corrected chi connectivity index (χ4v) is 2.12. The summed E-state index contributed by atoms with van der Waals surface area (Å²) < 4.78 is 10.6. The zero-order valence-corrected chi connectivity index (χ0v) is 11.3. The van der Waals surface area contributed by atoms with E-state index in [4.69, 9.17) is 14.6 Å². The van der Waals surface area contributed by atoms with Gasteiger partial charge in [0, 0.05) is 0 Å². The van der Waals surface area contributed by atoms with Crippen molar-refractivity contribution in [1.82, 2.24) is 0 Å². The van der Waals surface area contributed by atoms with Crippen LogP contribution in [0.4, 0.5) is 0 Å². The molecule has 0 aliphatic carbocycles. The molecular weight excluding hydrogens is 258 g/mol. The standard InChI is InChI=1S/C15H17NO4/c1-2-10(6-15(17)18)14-4-3-12(5-11(14)7-16)19-8-13-9-20-13/h3-5,10,13H,2,6,8-9H2,1H3,(H,17,18). The molecule has 2 unspecified atom stereocenters. The number of carboxylic acids is 1. The number of carbonyl (C=O) groups is 1. The molecule has 1 aromatic rings. The molecule has 2 atom stereocenters. The zero-order valence-electron chi connectivity index (χ0n) is 11.3. The van der Waals surface area contributed by atoms with Crippen LogP contribution >= 0.6 is 0 Å². The molecule has 5 nitrogen and oxygen atoms in total. The van der Waals surface area contributed by atoms with Crippen molar-refractivity contribution in [2.75, 3.05) is 13.2 Å². The Labute approximate surface area is 117 Å². The first-order valence-electron chi connectivity index (χ1n) is 6.64. The third kappa shape index (κ3) is 3.72. The van der Waals surface area contributed by atoms with Crippen LogP contribution in [0.2, 0.25) is 0 Å². The van der Waals surface area contributed by atoms with Crippen LogP contribution < -0.4 is 4.74 Å². The number of benzene rings is 1. The summed E-state index contributed by atoms with van der Waals surface area (Å²) in [6, 6.07) is 7.36. The molecule has 0 bridgehead atoms. The SMILES string of the molecule is CCC(CC(=O)O)c1ccc(OCC2CO2)cc1C#N. The highest BCUT2D eigenvalue weighted by Crippen LogP contribution is 2.29. The topological polar surface area (TPSA) is 82.8 Å². The Morgan fingerprint density at radius 2 is 2.40 bits per heavy atom. The molecule has 2 rings (SSSR count). The van der Waals surface area contributed by atoms with Gasteiger partial charge < -0.3 is 14.6 Å². The summed E-state index contributed by atoms with van der Waals surface area (Å²) in [7, 11) is 0. The highest BCUT2D eigenvalue weighted by Gasteiger charge is 2.23. The normalized spacial score (nSPS) is 18.1. The van der Waals surface area contributed by atoms with E-state index in [1.165, 1.54) is 0 Å². The molecule has 0 aromatic heterocycles. The summed E-state index contributed by atoms with van der Waals surface area (Å²) >= 11 is 0. The van der Waals surface area contributed by atoms with Crippen LogP contribution in [0.3, 0.4) is 0 Å². The van der Waals surface area contributed by atoms with Gasteiger partial charge in [0.25, 0.3) is 0 Å². The van der Waals surface area contributed by atoms with Gasteiger partial charge in [0.1, 0.15) is 18.5 Å². The Morgan fingerprint density at radius 3 is 2.95 bits per heavy atom. The molecule has 1 saturated heterocycles. The van der Waals surface area contributed by atoms with Gasteiger partial charge in [-0.15, -0.1) is 0 Å². The van der Waals surface area contributed by atoms with Gasteiger partial charge in [-0.25, -0.2) is 0 Å². The van der Waals surface area contributed by atoms with Crippen LogP contribution in [-0.2, 0) is 9.53 Å². The number of nitriles is 1. The number of aliphatic carboxylic acids is 1. The van der Waals surface area contributed by atoms with E-state index in [1.807, 2.05) is 6.92 Å². The first-order valence-corrected chi connectivity index (χ1v) is 6.64. The second-order valence-electron chi connectivity index (χ2n) is 4.83. The lowest BCUT2D eigenvalue weighted by molar-refractivity contribution is -0.137. The van der Waals surface area contributed by atoms with Crippen molar-refractivity contribution in [3.63, 3.8) is 0 Å². The van der Waals surface area contributed by atoms with Gasteiger partial charge in [-0.3, -0.25) is 4.79 Å². The molecule has 0 amide bonds. The van der Waals surface area contributed by atoms with Crippen molar-refractivity contribution in [2.45, 2.75) is 31.8 Å². The van der Waals surface area contributed by atoms with Crippen LogP contribution in [0.5, 0.6) is 5.75 Å². The Bertz CT molecular complexity index is 531. The van der Waals surface area contributed by atoms with Crippen LogP contribution in [-0.4, -0.2) is 30.4 Å². The number of carboxylic acid groups (broad SMARTS) is 1. The number of ether oxygens (including phenoxy) is 2. The van der Waals surface area contributed by atoms with Gasteiger partial charge in [0.2, 0.25) is 0 Å². The largest absolute Gasteiger partial charge is 0.491 e. The second kappa shape index (κ2) is 6.40. The number of epoxide rings is 1. The number of nitrogens with zero attached hydrogens (tertiary/aromatic N) is 1. The van der Waals surface area contributed by atoms with Crippen molar-refractivity contribution >= 4 is 5.97 Å². The van der Waals surface area contributed by atoms with Crippen molar-refractivity contribution < 1.29 is 19.4 Å². The summed E-state index contributed by atoms with van der Waals surface area (Å²) in [5.74, 6) is -0.388. The van der Waals surface area contributed by atoms with Crippen LogP contribution in [0.15, 0.2) is 18.2 Å². The van der Waals surface area contributed by atoms with E-state index in [0.29, 0.717) is 24.3 Å². The van der Waals surface area contributed by atoms with Crippen LogP contribution in [0, 0.1) is 11.3 Å². The predicted octanol–water partition coefficient (Wildman–Crippen LogP) is 2.30. The van der Waals surface area contributed by atoms with Gasteiger partial charge in [-0.05, 0) is 30.0 Å². The highest BCUT2D eigenvalue weighted by molar-refractivity contribution is 5.68. The minimum atomic E-state index is -0.855. The minimum absolute atomic E-state index is 0.0291. The monoisotopic (exact) mass is 275 g/mol. The predicted molar refractivity (Wildman–Crippen MR) is 71.7 cm³/mol. The molecule has 5 heteroatoms. The molecule has 0 spiro atoms. The Hall–Kier alpha value is -2.06. The highest BCUT2D eigenvalue weighted by atomic mass is 16.6. The van der Waals surface area contributed by atoms with Gasteiger partial charge in [-0.1, -0.05) is 13.0 Å². The molecule has 1 fully saturated rings. The average Bonchev–Trinajstić information content (AvgIpc) is 3.26. The van der Waals surface area contributed by atoms with E-state index in [1.54, 1.807) is 18.2 Å². The van der Waals surface area contributed by atoms with E-state index in [9.17, 15) is 10.1 Å². The maximum atomic E-state index is 10.9. The van der Waals surface area contributed by atoms with Crippen LogP contribution in [0.25, 0.3) is 0 Å². The maximum absolute atomic E-state index is 10.9. The summed E-state index contributed by atoms with van der Waals surface area (Å²) in [5, 5.41) is 18.2. The van der Waals surface area contributed by atoms with E-state index < -0.39 is 5.97 Å². The third-order valence-corrected chi connectivity index (χ3v) is 3.34. The van der Waals surface area contributed by atoms with E-state index >= 15 is 0 Å². The molecule has 0 radical (unpaired) electrons. The molecular formula is C15H17NO4. The summed E-state index contributed by atoms with van der Waals surface area (Å²) in [4.78, 5) is 10.9. The van der Waals surface area contributed by atoms with Gasteiger partial charge in [-0.2, -0.15) is 5.26 Å². The van der Waals surface area contributed by atoms with E-state index in [2.05, 4.69) is 6.07 Å². The zero-order chi connectivity index (χ0) is 14.5. The van der Waals surface area contributed by atoms with Crippen LogP contribution in [0.1, 0.15) is 36.8 Å². The van der Waals surface area contributed by atoms with Crippen molar-refractivity contribution in [3.05, 3.63) is 29.3 Å². The average molecular weight is 275 g/mol. The second-order valence-corrected chi connectivity index (χ2v) is 4.83. The Balaban J connectivity index is 2.15. The lowest BCUT2D eigenvalue weighted by atomic mass is 9.90. The fourth-order valence-electron chi connectivity index (χ4n) is 2.12. The molecule has 1 N–H and O–H groups in total. The Morgan fingerprint density at radius 1 is 1.65 bits per heavy atom.